The van der Waals surface area contributed by atoms with E-state index in [0.29, 0.717) is 10.7 Å². The lowest BCUT2D eigenvalue weighted by Gasteiger charge is -2.00. The maximum atomic E-state index is 13.0. The van der Waals surface area contributed by atoms with Crippen molar-refractivity contribution in [2.45, 2.75) is 11.7 Å². The number of halogens is 2. The molecule has 0 radical (unpaired) electrons. The average molecular weight is 257 g/mol. The molecule has 2 rings (SSSR count). The van der Waals surface area contributed by atoms with Gasteiger partial charge in [0.2, 0.25) is 0 Å². The number of aromatic nitrogens is 3. The van der Waals surface area contributed by atoms with Crippen LogP contribution in [0.4, 0.5) is 8.78 Å². The highest BCUT2D eigenvalue weighted by Crippen LogP contribution is 2.10. The predicted molar refractivity (Wildman–Crippen MR) is 60.1 cm³/mol. The van der Waals surface area contributed by atoms with Gasteiger partial charge in [0.1, 0.15) is 0 Å². The molecule has 90 valence electrons. The highest BCUT2D eigenvalue weighted by atomic mass is 32.2. The Hall–Kier alpha value is -1.63. The van der Waals surface area contributed by atoms with Crippen LogP contribution in [-0.4, -0.2) is 21.0 Å². The van der Waals surface area contributed by atoms with E-state index in [2.05, 4.69) is 10.1 Å². The summed E-state index contributed by atoms with van der Waals surface area (Å²) < 4.78 is 26.8. The number of aromatic amines is 1. The standard InChI is InChI=1S/C10H9F2N3OS/c1-17-9-13-10(16)15(14-9)5-6-2-3-7(11)8(12)4-6/h2-4H,5H2,1H3,(H,13,14,16). The summed E-state index contributed by atoms with van der Waals surface area (Å²) in [5, 5.41) is 4.45. The second kappa shape index (κ2) is 4.70. The van der Waals surface area contributed by atoms with Crippen LogP contribution in [0.3, 0.4) is 0 Å². The fourth-order valence-electron chi connectivity index (χ4n) is 1.35. The van der Waals surface area contributed by atoms with Gasteiger partial charge in [-0.1, -0.05) is 17.8 Å². The maximum Gasteiger partial charge on any atom is 0.344 e. The van der Waals surface area contributed by atoms with Gasteiger partial charge >= 0.3 is 5.69 Å². The first-order valence-electron chi connectivity index (χ1n) is 4.75. The van der Waals surface area contributed by atoms with Crippen molar-refractivity contribution in [3.05, 3.63) is 45.9 Å². The van der Waals surface area contributed by atoms with Crippen molar-refractivity contribution in [1.82, 2.24) is 14.8 Å². The van der Waals surface area contributed by atoms with E-state index in [0.717, 1.165) is 12.1 Å². The molecule has 4 nitrogen and oxygen atoms in total. The number of hydrogen-bond donors (Lipinski definition) is 1. The van der Waals surface area contributed by atoms with Crippen LogP contribution in [0.1, 0.15) is 5.56 Å². The molecule has 0 aliphatic heterocycles. The molecule has 0 atom stereocenters. The lowest BCUT2D eigenvalue weighted by atomic mass is 10.2. The smallest absolute Gasteiger partial charge is 0.284 e. The summed E-state index contributed by atoms with van der Waals surface area (Å²) in [4.78, 5) is 14.0. The molecule has 1 N–H and O–H groups in total. The van der Waals surface area contributed by atoms with E-state index in [1.165, 1.54) is 22.5 Å². The van der Waals surface area contributed by atoms with Crippen LogP contribution >= 0.6 is 11.8 Å². The van der Waals surface area contributed by atoms with Crippen molar-refractivity contribution in [3.8, 4) is 0 Å². The molecule has 2 aromatic rings. The van der Waals surface area contributed by atoms with Crippen LogP contribution in [0.25, 0.3) is 0 Å². The zero-order chi connectivity index (χ0) is 12.4. The lowest BCUT2D eigenvalue weighted by Crippen LogP contribution is -2.18. The van der Waals surface area contributed by atoms with Crippen LogP contribution in [-0.2, 0) is 6.54 Å². The quantitative estimate of drug-likeness (QED) is 0.850. The molecule has 0 aliphatic rings. The Labute approximate surface area is 99.7 Å². The van der Waals surface area contributed by atoms with Gasteiger partial charge in [-0.15, -0.1) is 5.10 Å². The van der Waals surface area contributed by atoms with Gasteiger partial charge in [-0.25, -0.2) is 18.3 Å². The molecule has 1 aromatic carbocycles. The van der Waals surface area contributed by atoms with E-state index in [1.54, 1.807) is 6.26 Å². The van der Waals surface area contributed by atoms with E-state index >= 15 is 0 Å². The van der Waals surface area contributed by atoms with Crippen molar-refractivity contribution in [1.29, 1.82) is 0 Å². The van der Waals surface area contributed by atoms with Gasteiger partial charge in [-0.2, -0.15) is 0 Å². The molecule has 0 saturated heterocycles. The molecule has 1 aromatic heterocycles. The summed E-state index contributed by atoms with van der Waals surface area (Å²) in [7, 11) is 0. The first-order valence-corrected chi connectivity index (χ1v) is 5.97. The summed E-state index contributed by atoms with van der Waals surface area (Å²) in [5.41, 5.74) is 0.101. The maximum absolute atomic E-state index is 13.0. The van der Waals surface area contributed by atoms with Crippen molar-refractivity contribution in [2.24, 2.45) is 0 Å². The molecule has 0 spiro atoms. The Balaban J connectivity index is 2.28. The van der Waals surface area contributed by atoms with Gasteiger partial charge in [0, 0.05) is 0 Å². The topological polar surface area (TPSA) is 50.7 Å². The van der Waals surface area contributed by atoms with Crippen LogP contribution in [0.15, 0.2) is 28.2 Å². The highest BCUT2D eigenvalue weighted by molar-refractivity contribution is 7.98. The third kappa shape index (κ3) is 2.55. The molecule has 0 saturated carbocycles. The predicted octanol–water partition coefficient (Wildman–Crippen LogP) is 1.62. The van der Waals surface area contributed by atoms with E-state index in [4.69, 9.17) is 0 Å². The van der Waals surface area contributed by atoms with Crippen LogP contribution < -0.4 is 5.69 Å². The number of benzene rings is 1. The van der Waals surface area contributed by atoms with Gasteiger partial charge in [0.05, 0.1) is 6.54 Å². The Kier molecular flexibility index (Phi) is 3.28. The van der Waals surface area contributed by atoms with Crippen LogP contribution in [0.2, 0.25) is 0 Å². The molecule has 1 heterocycles. The molecule has 0 amide bonds. The SMILES string of the molecule is CSc1nn(Cc2ccc(F)c(F)c2)c(=O)[nH]1. The van der Waals surface area contributed by atoms with Crippen LogP contribution in [0, 0.1) is 11.6 Å². The Morgan fingerprint density at radius 1 is 1.41 bits per heavy atom. The minimum atomic E-state index is -0.934. The summed E-state index contributed by atoms with van der Waals surface area (Å²) in [6.07, 6.45) is 1.78. The van der Waals surface area contributed by atoms with Crippen molar-refractivity contribution in [3.63, 3.8) is 0 Å². The number of H-pyrrole nitrogens is 1. The minimum absolute atomic E-state index is 0.104. The fourth-order valence-corrected chi connectivity index (χ4v) is 1.72. The second-order valence-electron chi connectivity index (χ2n) is 3.35. The fraction of sp³-hybridized carbons (Fsp3) is 0.200. The van der Waals surface area contributed by atoms with E-state index in [9.17, 15) is 13.6 Å². The van der Waals surface area contributed by atoms with Gasteiger partial charge in [0.25, 0.3) is 0 Å². The Bertz CT molecular complexity index is 593. The zero-order valence-corrected chi connectivity index (χ0v) is 9.72. The van der Waals surface area contributed by atoms with E-state index in [-0.39, 0.29) is 12.2 Å². The number of rotatable bonds is 3. The third-order valence-corrected chi connectivity index (χ3v) is 2.74. The monoisotopic (exact) mass is 257 g/mol. The lowest BCUT2D eigenvalue weighted by molar-refractivity contribution is 0.505. The molecule has 0 aliphatic carbocycles. The summed E-state index contributed by atoms with van der Waals surface area (Å²) in [6.45, 7) is 0.104. The molecule has 17 heavy (non-hydrogen) atoms. The number of thioether (sulfide) groups is 1. The van der Waals surface area contributed by atoms with Gasteiger partial charge in [-0.3, -0.25) is 4.98 Å². The molecule has 7 heteroatoms. The van der Waals surface area contributed by atoms with Crippen LogP contribution in [0.5, 0.6) is 0 Å². The van der Waals surface area contributed by atoms with Crippen molar-refractivity contribution >= 4 is 11.8 Å². The Morgan fingerprint density at radius 2 is 2.18 bits per heavy atom. The Morgan fingerprint density at radius 3 is 2.76 bits per heavy atom. The normalized spacial score (nSPS) is 10.8. The van der Waals surface area contributed by atoms with Gasteiger partial charge < -0.3 is 0 Å². The second-order valence-corrected chi connectivity index (χ2v) is 4.14. The third-order valence-electron chi connectivity index (χ3n) is 2.17. The van der Waals surface area contributed by atoms with Gasteiger partial charge in [0.15, 0.2) is 16.8 Å². The van der Waals surface area contributed by atoms with E-state index < -0.39 is 11.6 Å². The summed E-state index contributed by atoms with van der Waals surface area (Å²) in [6, 6.07) is 3.49. The molecular weight excluding hydrogens is 248 g/mol. The van der Waals surface area contributed by atoms with Crippen molar-refractivity contribution in [2.75, 3.05) is 6.26 Å². The van der Waals surface area contributed by atoms with Gasteiger partial charge in [-0.05, 0) is 24.0 Å². The zero-order valence-electron chi connectivity index (χ0n) is 8.91. The molecule has 0 bridgehead atoms. The molecule has 0 fully saturated rings. The number of nitrogens with one attached hydrogen (secondary N) is 1. The molecular formula is C10H9F2N3OS. The van der Waals surface area contributed by atoms with Crippen molar-refractivity contribution < 1.29 is 8.78 Å². The highest BCUT2D eigenvalue weighted by Gasteiger charge is 2.07. The largest absolute Gasteiger partial charge is 0.344 e. The number of hydrogen-bond acceptors (Lipinski definition) is 3. The van der Waals surface area contributed by atoms with E-state index in [1.807, 2.05) is 0 Å². The first kappa shape index (κ1) is 11.8. The molecule has 0 unspecified atom stereocenters. The minimum Gasteiger partial charge on any atom is -0.284 e. The number of nitrogens with zero attached hydrogens (tertiary/aromatic N) is 2. The summed E-state index contributed by atoms with van der Waals surface area (Å²) in [5.74, 6) is -1.84. The first-order chi connectivity index (χ1) is 8.10. The summed E-state index contributed by atoms with van der Waals surface area (Å²) >= 11 is 1.30. The average Bonchev–Trinajstić information content (AvgIpc) is 2.65.